The van der Waals surface area contributed by atoms with Crippen LogP contribution in [0.3, 0.4) is 0 Å². The van der Waals surface area contributed by atoms with Crippen LogP contribution < -0.4 is 10.5 Å². The van der Waals surface area contributed by atoms with E-state index in [4.69, 9.17) is 15.6 Å². The molecule has 0 amide bonds. The Labute approximate surface area is 88.7 Å². The summed E-state index contributed by atoms with van der Waals surface area (Å²) >= 11 is 0. The fourth-order valence-corrected chi connectivity index (χ4v) is 1.34. The van der Waals surface area contributed by atoms with Gasteiger partial charge in [0.05, 0.1) is 7.11 Å². The maximum atomic E-state index is 10.5. The average Bonchev–Trinajstić information content (AvgIpc) is 2.26. The largest absolute Gasteiger partial charge is 0.496 e. The second-order valence-electron chi connectivity index (χ2n) is 3.30. The van der Waals surface area contributed by atoms with Gasteiger partial charge < -0.3 is 15.6 Å². The quantitative estimate of drug-likeness (QED) is 0.760. The molecule has 0 saturated heterocycles. The van der Waals surface area contributed by atoms with Gasteiger partial charge in [0.25, 0.3) is 0 Å². The number of methoxy groups -OCH3 is 1. The molecule has 1 rings (SSSR count). The number of aliphatic carboxylic acids is 1. The second kappa shape index (κ2) is 5.36. The van der Waals surface area contributed by atoms with E-state index in [9.17, 15) is 4.79 Å². The lowest BCUT2D eigenvalue weighted by atomic mass is 10.1. The number of carbonyl (C=O) groups is 1. The minimum absolute atomic E-state index is 0.412. The normalized spacial score (nSPS) is 12.1. The topological polar surface area (TPSA) is 72.5 Å². The van der Waals surface area contributed by atoms with Crippen molar-refractivity contribution in [3.05, 3.63) is 29.8 Å². The summed E-state index contributed by atoms with van der Waals surface area (Å²) in [6.45, 7) is 0. The number of hydrogen-bond acceptors (Lipinski definition) is 3. The Kier molecular flexibility index (Phi) is 4.12. The first-order chi connectivity index (χ1) is 7.15. The smallest absolute Gasteiger partial charge is 0.320 e. The van der Waals surface area contributed by atoms with Gasteiger partial charge in [-0.2, -0.15) is 0 Å². The molecule has 1 aromatic carbocycles. The number of nitrogens with two attached hydrogens (primary N) is 1. The first-order valence-electron chi connectivity index (χ1n) is 4.75. The summed E-state index contributed by atoms with van der Waals surface area (Å²) in [5.41, 5.74) is 6.40. The molecule has 82 valence electrons. The van der Waals surface area contributed by atoms with E-state index in [0.29, 0.717) is 12.8 Å². The molecule has 0 aliphatic heterocycles. The Morgan fingerprint density at radius 1 is 1.53 bits per heavy atom. The SMILES string of the molecule is COc1ccccc1CC[C@@H](N)C(=O)O. The molecule has 0 bridgehead atoms. The van der Waals surface area contributed by atoms with Crippen LogP contribution in [0.1, 0.15) is 12.0 Å². The number of aryl methyl sites for hydroxylation is 1. The standard InChI is InChI=1S/C11H15NO3/c1-15-10-5-3-2-4-8(10)6-7-9(12)11(13)14/h2-5,9H,6-7,12H2,1H3,(H,13,14)/t9-/m1/s1. The number of ether oxygens (including phenoxy) is 1. The van der Waals surface area contributed by atoms with Gasteiger partial charge in [-0.05, 0) is 24.5 Å². The Hall–Kier alpha value is -1.55. The molecule has 3 N–H and O–H groups in total. The molecular weight excluding hydrogens is 194 g/mol. The van der Waals surface area contributed by atoms with Crippen LogP contribution >= 0.6 is 0 Å². The highest BCUT2D eigenvalue weighted by Crippen LogP contribution is 2.19. The Morgan fingerprint density at radius 3 is 2.80 bits per heavy atom. The van der Waals surface area contributed by atoms with Crippen molar-refractivity contribution in [2.75, 3.05) is 7.11 Å². The fraction of sp³-hybridized carbons (Fsp3) is 0.364. The third-order valence-corrected chi connectivity index (χ3v) is 2.23. The number of benzene rings is 1. The monoisotopic (exact) mass is 209 g/mol. The van der Waals surface area contributed by atoms with Crippen LogP contribution in [-0.4, -0.2) is 24.2 Å². The average molecular weight is 209 g/mol. The summed E-state index contributed by atoms with van der Waals surface area (Å²) in [6.07, 6.45) is 1.02. The summed E-state index contributed by atoms with van der Waals surface area (Å²) < 4.78 is 5.15. The number of carboxylic acids is 1. The van der Waals surface area contributed by atoms with Gasteiger partial charge in [0.1, 0.15) is 11.8 Å². The lowest BCUT2D eigenvalue weighted by molar-refractivity contribution is -0.138. The van der Waals surface area contributed by atoms with Crippen LogP contribution in [0.4, 0.5) is 0 Å². The Balaban J connectivity index is 2.60. The highest BCUT2D eigenvalue weighted by atomic mass is 16.5. The molecule has 0 heterocycles. The van der Waals surface area contributed by atoms with Crippen molar-refractivity contribution in [2.24, 2.45) is 5.73 Å². The summed E-state index contributed by atoms with van der Waals surface area (Å²) in [4.78, 5) is 10.5. The van der Waals surface area contributed by atoms with Crippen LogP contribution in [0, 0.1) is 0 Å². The predicted molar refractivity (Wildman–Crippen MR) is 56.9 cm³/mol. The Bertz CT molecular complexity index is 338. The highest BCUT2D eigenvalue weighted by molar-refractivity contribution is 5.73. The maximum absolute atomic E-state index is 10.5. The van der Waals surface area contributed by atoms with E-state index in [-0.39, 0.29) is 0 Å². The summed E-state index contributed by atoms with van der Waals surface area (Å²) in [5.74, 6) is -0.194. The van der Waals surface area contributed by atoms with E-state index in [2.05, 4.69) is 0 Å². The number of carboxylic acid groups (broad SMARTS) is 1. The van der Waals surface area contributed by atoms with Gasteiger partial charge in [-0.1, -0.05) is 18.2 Å². The van der Waals surface area contributed by atoms with Gasteiger partial charge in [-0.15, -0.1) is 0 Å². The predicted octanol–water partition coefficient (Wildman–Crippen LogP) is 1.04. The van der Waals surface area contributed by atoms with Crippen molar-refractivity contribution in [1.82, 2.24) is 0 Å². The third kappa shape index (κ3) is 3.25. The number of hydrogen-bond donors (Lipinski definition) is 2. The van der Waals surface area contributed by atoms with Crippen molar-refractivity contribution in [1.29, 1.82) is 0 Å². The third-order valence-electron chi connectivity index (χ3n) is 2.23. The number of para-hydroxylation sites is 1. The Morgan fingerprint density at radius 2 is 2.20 bits per heavy atom. The molecule has 0 fully saturated rings. The zero-order valence-corrected chi connectivity index (χ0v) is 8.64. The molecular formula is C11H15NO3. The van der Waals surface area contributed by atoms with Gasteiger partial charge in [0.15, 0.2) is 0 Å². The maximum Gasteiger partial charge on any atom is 0.320 e. The fourth-order valence-electron chi connectivity index (χ4n) is 1.34. The lowest BCUT2D eigenvalue weighted by Gasteiger charge is -2.09. The van der Waals surface area contributed by atoms with E-state index < -0.39 is 12.0 Å². The molecule has 1 aromatic rings. The van der Waals surface area contributed by atoms with Crippen molar-refractivity contribution in [3.63, 3.8) is 0 Å². The van der Waals surface area contributed by atoms with Crippen molar-refractivity contribution in [3.8, 4) is 5.75 Å². The second-order valence-corrected chi connectivity index (χ2v) is 3.30. The van der Waals surface area contributed by atoms with Crippen LogP contribution in [-0.2, 0) is 11.2 Å². The molecule has 15 heavy (non-hydrogen) atoms. The van der Waals surface area contributed by atoms with Crippen LogP contribution in [0.25, 0.3) is 0 Å². The molecule has 0 aliphatic rings. The van der Waals surface area contributed by atoms with Crippen LogP contribution in [0.15, 0.2) is 24.3 Å². The van der Waals surface area contributed by atoms with E-state index in [1.165, 1.54) is 0 Å². The van der Waals surface area contributed by atoms with E-state index in [1.54, 1.807) is 7.11 Å². The van der Waals surface area contributed by atoms with Crippen molar-refractivity contribution >= 4 is 5.97 Å². The lowest BCUT2D eigenvalue weighted by Crippen LogP contribution is -2.30. The minimum Gasteiger partial charge on any atom is -0.496 e. The molecule has 0 radical (unpaired) electrons. The van der Waals surface area contributed by atoms with E-state index in [1.807, 2.05) is 24.3 Å². The molecule has 0 saturated carbocycles. The first-order valence-corrected chi connectivity index (χ1v) is 4.75. The molecule has 0 unspecified atom stereocenters. The van der Waals surface area contributed by atoms with E-state index >= 15 is 0 Å². The summed E-state index contributed by atoms with van der Waals surface area (Å²) in [5, 5.41) is 8.63. The molecule has 0 aromatic heterocycles. The molecule has 4 heteroatoms. The van der Waals surface area contributed by atoms with Crippen molar-refractivity contribution < 1.29 is 14.6 Å². The van der Waals surface area contributed by atoms with Gasteiger partial charge in [0, 0.05) is 0 Å². The molecule has 0 spiro atoms. The van der Waals surface area contributed by atoms with E-state index in [0.717, 1.165) is 11.3 Å². The first kappa shape index (κ1) is 11.5. The van der Waals surface area contributed by atoms with Crippen LogP contribution in [0.5, 0.6) is 5.75 Å². The zero-order chi connectivity index (χ0) is 11.3. The molecule has 4 nitrogen and oxygen atoms in total. The highest BCUT2D eigenvalue weighted by Gasteiger charge is 2.12. The van der Waals surface area contributed by atoms with Gasteiger partial charge in [0.2, 0.25) is 0 Å². The van der Waals surface area contributed by atoms with Gasteiger partial charge in [-0.3, -0.25) is 4.79 Å². The van der Waals surface area contributed by atoms with Crippen molar-refractivity contribution in [2.45, 2.75) is 18.9 Å². The summed E-state index contributed by atoms with van der Waals surface area (Å²) in [7, 11) is 1.59. The minimum atomic E-state index is -0.968. The van der Waals surface area contributed by atoms with Crippen LogP contribution in [0.2, 0.25) is 0 Å². The van der Waals surface area contributed by atoms with Gasteiger partial charge in [-0.25, -0.2) is 0 Å². The molecule has 0 aliphatic carbocycles. The van der Waals surface area contributed by atoms with Gasteiger partial charge >= 0.3 is 5.97 Å². The number of rotatable bonds is 5. The summed E-state index contributed by atoms with van der Waals surface area (Å²) in [6, 6.07) is 6.72. The zero-order valence-electron chi connectivity index (χ0n) is 8.64. The molecule has 1 atom stereocenters.